The molecule has 2 N–H and O–H groups in total. The first-order valence-electron chi connectivity index (χ1n) is 7.30. The molecule has 4 heteroatoms. The Morgan fingerprint density at radius 1 is 1.20 bits per heavy atom. The van der Waals surface area contributed by atoms with Crippen molar-refractivity contribution < 1.29 is 15.0 Å². The predicted molar refractivity (Wildman–Crippen MR) is 78.2 cm³/mol. The molecule has 1 aromatic rings. The van der Waals surface area contributed by atoms with Crippen LogP contribution >= 0.6 is 0 Å². The molecule has 0 heterocycles. The van der Waals surface area contributed by atoms with Gasteiger partial charge in [0.05, 0.1) is 6.54 Å². The van der Waals surface area contributed by atoms with Crippen LogP contribution in [0.1, 0.15) is 42.5 Å². The highest BCUT2D eigenvalue weighted by Gasteiger charge is 2.17. The summed E-state index contributed by atoms with van der Waals surface area (Å²) in [6.45, 7) is 1.30. The van der Waals surface area contributed by atoms with Crippen LogP contribution in [0.25, 0.3) is 0 Å². The number of phenols is 2. The van der Waals surface area contributed by atoms with Gasteiger partial charge in [0.15, 0.2) is 17.3 Å². The van der Waals surface area contributed by atoms with E-state index >= 15 is 0 Å². The monoisotopic (exact) mass is 277 g/mol. The lowest BCUT2D eigenvalue weighted by molar-refractivity contribution is 0.0932. The molecule has 1 fully saturated rings. The van der Waals surface area contributed by atoms with Gasteiger partial charge in [-0.1, -0.05) is 19.3 Å². The molecule has 0 atom stereocenters. The zero-order chi connectivity index (χ0) is 14.5. The molecule has 0 radical (unpaired) electrons. The van der Waals surface area contributed by atoms with Crippen molar-refractivity contribution in [2.45, 2.75) is 32.1 Å². The molecule has 1 aliphatic rings. The lowest BCUT2D eigenvalue weighted by Gasteiger charge is -2.26. The zero-order valence-electron chi connectivity index (χ0n) is 12.0. The first-order valence-corrected chi connectivity index (χ1v) is 7.30. The summed E-state index contributed by atoms with van der Waals surface area (Å²) in [7, 11) is 1.97. The topological polar surface area (TPSA) is 60.8 Å². The Hall–Kier alpha value is -1.55. The van der Waals surface area contributed by atoms with Gasteiger partial charge in [0.2, 0.25) is 0 Å². The lowest BCUT2D eigenvalue weighted by Crippen LogP contribution is -2.31. The van der Waals surface area contributed by atoms with E-state index in [4.69, 9.17) is 0 Å². The van der Waals surface area contributed by atoms with Crippen LogP contribution in [0.15, 0.2) is 18.2 Å². The van der Waals surface area contributed by atoms with E-state index in [0.29, 0.717) is 18.0 Å². The number of rotatable bonds is 5. The number of benzene rings is 1. The number of hydrogen-bond donors (Lipinski definition) is 2. The van der Waals surface area contributed by atoms with Gasteiger partial charge in [-0.05, 0) is 44.0 Å². The summed E-state index contributed by atoms with van der Waals surface area (Å²) in [4.78, 5) is 14.2. The molecule has 0 aromatic heterocycles. The van der Waals surface area contributed by atoms with Gasteiger partial charge < -0.3 is 10.2 Å². The van der Waals surface area contributed by atoms with E-state index in [1.165, 1.54) is 44.2 Å². The van der Waals surface area contributed by atoms with Crippen LogP contribution in [-0.2, 0) is 0 Å². The molecule has 0 aliphatic heterocycles. The van der Waals surface area contributed by atoms with Crippen molar-refractivity contribution in [3.63, 3.8) is 0 Å². The Labute approximate surface area is 120 Å². The number of nitrogens with zero attached hydrogens (tertiary/aromatic N) is 1. The van der Waals surface area contributed by atoms with Gasteiger partial charge in [0.1, 0.15) is 0 Å². The van der Waals surface area contributed by atoms with Gasteiger partial charge in [-0.2, -0.15) is 0 Å². The van der Waals surface area contributed by atoms with Crippen LogP contribution in [0.4, 0.5) is 0 Å². The van der Waals surface area contributed by atoms with Crippen LogP contribution in [-0.4, -0.2) is 41.0 Å². The van der Waals surface area contributed by atoms with E-state index < -0.39 is 0 Å². The van der Waals surface area contributed by atoms with E-state index in [0.717, 1.165) is 6.54 Å². The van der Waals surface area contributed by atoms with E-state index in [2.05, 4.69) is 4.90 Å². The maximum Gasteiger partial charge on any atom is 0.176 e. The largest absolute Gasteiger partial charge is 0.504 e. The lowest BCUT2D eigenvalue weighted by atomic mass is 9.89. The van der Waals surface area contributed by atoms with Crippen molar-refractivity contribution in [1.29, 1.82) is 0 Å². The molecule has 20 heavy (non-hydrogen) atoms. The summed E-state index contributed by atoms with van der Waals surface area (Å²) >= 11 is 0. The number of Topliss-reactive ketones (excluding diaryl/α,β-unsaturated/α-hetero) is 1. The third kappa shape index (κ3) is 3.97. The summed E-state index contributed by atoms with van der Waals surface area (Å²) in [6, 6.07) is 4.22. The SMILES string of the molecule is CN(CC(=O)c1ccc(O)c(O)c1)CC1CCCCC1. The fourth-order valence-electron chi connectivity index (χ4n) is 2.91. The van der Waals surface area contributed by atoms with Crippen LogP contribution in [0.3, 0.4) is 0 Å². The summed E-state index contributed by atoms with van der Waals surface area (Å²) < 4.78 is 0. The Kier molecular flexibility index (Phi) is 5.01. The van der Waals surface area contributed by atoms with Gasteiger partial charge in [0.25, 0.3) is 0 Å². The fraction of sp³-hybridized carbons (Fsp3) is 0.562. The quantitative estimate of drug-likeness (QED) is 0.642. The number of phenolic OH excluding ortho intramolecular Hbond substituents is 2. The minimum atomic E-state index is -0.245. The summed E-state index contributed by atoms with van der Waals surface area (Å²) in [5.41, 5.74) is 0.441. The Balaban J connectivity index is 1.87. The van der Waals surface area contributed by atoms with E-state index in [1.807, 2.05) is 7.05 Å². The third-order valence-electron chi connectivity index (χ3n) is 4.01. The summed E-state index contributed by atoms with van der Waals surface area (Å²) in [5, 5.41) is 18.7. The number of carbonyl (C=O) groups is 1. The van der Waals surface area contributed by atoms with E-state index in [9.17, 15) is 15.0 Å². The molecule has 2 rings (SSSR count). The second-order valence-electron chi connectivity index (χ2n) is 5.83. The highest BCUT2D eigenvalue weighted by molar-refractivity contribution is 5.98. The van der Waals surface area contributed by atoms with E-state index in [1.54, 1.807) is 6.07 Å². The zero-order valence-corrected chi connectivity index (χ0v) is 12.0. The smallest absolute Gasteiger partial charge is 0.176 e. The molecule has 1 aliphatic carbocycles. The van der Waals surface area contributed by atoms with Crippen molar-refractivity contribution in [2.75, 3.05) is 20.1 Å². The average Bonchev–Trinajstić information content (AvgIpc) is 2.42. The first kappa shape index (κ1) is 14.9. The molecular formula is C16H23NO3. The molecular weight excluding hydrogens is 254 g/mol. The number of likely N-dealkylation sites (N-methyl/N-ethyl adjacent to an activating group) is 1. The molecule has 0 spiro atoms. The number of ketones is 1. The summed E-state index contributed by atoms with van der Waals surface area (Å²) in [6.07, 6.45) is 6.47. The minimum Gasteiger partial charge on any atom is -0.504 e. The van der Waals surface area contributed by atoms with Crippen molar-refractivity contribution in [1.82, 2.24) is 4.90 Å². The highest BCUT2D eigenvalue weighted by atomic mass is 16.3. The minimum absolute atomic E-state index is 0.0291. The van der Waals surface area contributed by atoms with Gasteiger partial charge in [-0.3, -0.25) is 9.69 Å². The number of hydrogen-bond acceptors (Lipinski definition) is 4. The van der Waals surface area contributed by atoms with Crippen molar-refractivity contribution in [2.24, 2.45) is 5.92 Å². The van der Waals surface area contributed by atoms with Crippen LogP contribution in [0.5, 0.6) is 11.5 Å². The Morgan fingerprint density at radius 3 is 2.55 bits per heavy atom. The van der Waals surface area contributed by atoms with Gasteiger partial charge in [-0.25, -0.2) is 0 Å². The first-order chi connectivity index (χ1) is 9.56. The highest BCUT2D eigenvalue weighted by Crippen LogP contribution is 2.26. The van der Waals surface area contributed by atoms with Gasteiger partial charge >= 0.3 is 0 Å². The van der Waals surface area contributed by atoms with Gasteiger partial charge in [-0.15, -0.1) is 0 Å². The second-order valence-corrected chi connectivity index (χ2v) is 5.83. The number of aromatic hydroxyl groups is 2. The van der Waals surface area contributed by atoms with Crippen LogP contribution < -0.4 is 0 Å². The van der Waals surface area contributed by atoms with E-state index in [-0.39, 0.29) is 17.3 Å². The van der Waals surface area contributed by atoms with Crippen LogP contribution in [0, 0.1) is 5.92 Å². The molecule has 4 nitrogen and oxygen atoms in total. The number of carbonyl (C=O) groups excluding carboxylic acids is 1. The fourth-order valence-corrected chi connectivity index (χ4v) is 2.91. The molecule has 1 saturated carbocycles. The normalized spacial score (nSPS) is 16.5. The van der Waals surface area contributed by atoms with Crippen molar-refractivity contribution in [3.05, 3.63) is 23.8 Å². The summed E-state index contributed by atoms with van der Waals surface area (Å²) in [5.74, 6) is 0.233. The Bertz CT molecular complexity index is 467. The van der Waals surface area contributed by atoms with Crippen LogP contribution in [0.2, 0.25) is 0 Å². The van der Waals surface area contributed by atoms with Crippen molar-refractivity contribution >= 4 is 5.78 Å². The average molecular weight is 277 g/mol. The molecule has 0 saturated heterocycles. The molecule has 0 amide bonds. The Morgan fingerprint density at radius 2 is 1.90 bits per heavy atom. The third-order valence-corrected chi connectivity index (χ3v) is 4.01. The molecule has 1 aromatic carbocycles. The predicted octanol–water partition coefficient (Wildman–Crippen LogP) is 2.79. The van der Waals surface area contributed by atoms with Gasteiger partial charge in [0, 0.05) is 12.1 Å². The maximum absolute atomic E-state index is 12.1. The molecule has 110 valence electrons. The molecule has 0 bridgehead atoms. The van der Waals surface area contributed by atoms with Crippen molar-refractivity contribution in [3.8, 4) is 11.5 Å². The second kappa shape index (κ2) is 6.75. The maximum atomic E-state index is 12.1. The molecule has 0 unspecified atom stereocenters. The standard InChI is InChI=1S/C16H23NO3/c1-17(10-12-5-3-2-4-6-12)11-16(20)13-7-8-14(18)15(19)9-13/h7-9,12,18-19H,2-6,10-11H2,1H3.